The fourth-order valence-corrected chi connectivity index (χ4v) is 1.84. The average Bonchev–Trinajstić information content (AvgIpc) is 2.42. The van der Waals surface area contributed by atoms with Gasteiger partial charge in [0.2, 0.25) is 0 Å². The highest BCUT2D eigenvalue weighted by Gasteiger charge is 2.16. The van der Waals surface area contributed by atoms with Crippen molar-refractivity contribution in [1.82, 2.24) is 0 Å². The van der Waals surface area contributed by atoms with Crippen LogP contribution < -0.4 is 10.5 Å². The minimum atomic E-state index is -0.786. The Kier molecular flexibility index (Phi) is 3.52. The van der Waals surface area contributed by atoms with Crippen LogP contribution >= 0.6 is 11.3 Å². The van der Waals surface area contributed by atoms with Crippen molar-refractivity contribution in [3.05, 3.63) is 11.1 Å². The van der Waals surface area contributed by atoms with E-state index >= 15 is 0 Å². The topological polar surface area (TPSA) is 85.3 Å². The number of carbonyl (C=O) groups is 1. The molecule has 0 fully saturated rings. The third kappa shape index (κ3) is 2.39. The minimum absolute atomic E-state index is 0.240. The number of carbonyl (C=O) groups excluding carboxylic acids is 1. The van der Waals surface area contributed by atoms with Crippen LogP contribution in [0.2, 0.25) is 0 Å². The van der Waals surface area contributed by atoms with Gasteiger partial charge in [0.05, 0.1) is 12.2 Å². The van der Waals surface area contributed by atoms with E-state index in [1.54, 1.807) is 13.8 Å². The average molecular weight is 226 g/mol. The summed E-state index contributed by atoms with van der Waals surface area (Å²) in [5, 5.41) is 9.40. The monoisotopic (exact) mass is 226 g/mol. The largest absolute Gasteiger partial charge is 0.514 e. The molecule has 0 saturated carbocycles. The Labute approximate surface area is 91.0 Å². The minimum Gasteiger partial charge on any atom is -0.434 e. The van der Waals surface area contributed by atoms with Gasteiger partial charge in [-0.15, -0.1) is 0 Å². The summed E-state index contributed by atoms with van der Waals surface area (Å²) in [7, 11) is 0. The second-order valence-corrected chi connectivity index (χ2v) is 3.67. The van der Waals surface area contributed by atoms with E-state index in [-0.39, 0.29) is 6.61 Å². The highest BCUT2D eigenvalue weighted by atomic mass is 32.1. The lowest BCUT2D eigenvalue weighted by Gasteiger charge is -2.01. The second kappa shape index (κ2) is 4.66. The molecule has 5 nitrogen and oxygen atoms in total. The number of nitrogen functional groups attached to an aromatic ring is 1. The van der Waals surface area contributed by atoms with Gasteiger partial charge in [-0.1, -0.05) is 11.3 Å². The van der Waals surface area contributed by atoms with Gasteiger partial charge in [-0.3, -0.25) is 0 Å². The number of nitrogens with zero attached hydrogens (tertiary/aromatic N) is 1. The maximum atomic E-state index is 11.0. The van der Waals surface area contributed by atoms with Gasteiger partial charge in [-0.25, -0.2) is 4.79 Å². The van der Waals surface area contributed by atoms with Gasteiger partial charge in [-0.2, -0.15) is 5.26 Å². The molecule has 1 aromatic rings. The quantitative estimate of drug-likeness (QED) is 0.780. The predicted octanol–water partition coefficient (Wildman–Crippen LogP) is 2.05. The maximum absolute atomic E-state index is 11.0. The summed E-state index contributed by atoms with van der Waals surface area (Å²) in [6.07, 6.45) is -0.786. The molecule has 0 saturated heterocycles. The molecular weight excluding hydrogens is 216 g/mol. The Bertz CT molecular complexity index is 420. The Morgan fingerprint density at radius 2 is 2.33 bits per heavy atom. The zero-order chi connectivity index (χ0) is 11.4. The van der Waals surface area contributed by atoms with Crippen LogP contribution in [0.1, 0.15) is 18.1 Å². The fraction of sp³-hybridized carbons (Fsp3) is 0.333. The summed E-state index contributed by atoms with van der Waals surface area (Å²) < 4.78 is 9.48. The molecule has 1 heterocycles. The Balaban J connectivity index is 2.88. The summed E-state index contributed by atoms with van der Waals surface area (Å²) in [6.45, 7) is 3.58. The molecule has 1 aromatic heterocycles. The van der Waals surface area contributed by atoms with E-state index in [2.05, 4.69) is 4.74 Å². The van der Waals surface area contributed by atoms with E-state index in [4.69, 9.17) is 15.7 Å². The lowest BCUT2D eigenvalue weighted by Crippen LogP contribution is -2.09. The number of anilines is 1. The first-order valence-electron chi connectivity index (χ1n) is 4.23. The van der Waals surface area contributed by atoms with Crippen molar-refractivity contribution in [1.29, 1.82) is 5.26 Å². The van der Waals surface area contributed by atoms with Gasteiger partial charge in [-0.05, 0) is 13.8 Å². The van der Waals surface area contributed by atoms with Gasteiger partial charge in [0.1, 0.15) is 11.1 Å². The van der Waals surface area contributed by atoms with E-state index in [1.165, 1.54) is 0 Å². The summed E-state index contributed by atoms with van der Waals surface area (Å²) >= 11 is 1.05. The Hall–Kier alpha value is -1.74. The SMILES string of the molecule is CCOC(=O)Oc1sc(N)c(C#N)c1C. The molecule has 15 heavy (non-hydrogen) atoms. The van der Waals surface area contributed by atoms with Crippen molar-refractivity contribution >= 4 is 22.5 Å². The number of ether oxygens (including phenoxy) is 2. The molecule has 0 aliphatic carbocycles. The standard InChI is InChI=1S/C9H10N2O3S/c1-3-13-9(12)14-8-5(2)6(4-10)7(11)15-8/h3,11H2,1-2H3. The zero-order valence-electron chi connectivity index (χ0n) is 8.36. The van der Waals surface area contributed by atoms with Crippen LogP contribution in [0.5, 0.6) is 5.06 Å². The molecule has 0 aliphatic rings. The number of hydrogen-bond donors (Lipinski definition) is 1. The lowest BCUT2D eigenvalue weighted by molar-refractivity contribution is 0.105. The normalized spacial score (nSPS) is 9.40. The molecule has 6 heteroatoms. The first kappa shape index (κ1) is 11.3. The van der Waals surface area contributed by atoms with Crippen molar-refractivity contribution in [3.63, 3.8) is 0 Å². The molecule has 0 atom stereocenters. The summed E-state index contributed by atoms with van der Waals surface area (Å²) in [5.41, 5.74) is 6.48. The van der Waals surface area contributed by atoms with Crippen LogP contribution in [0.3, 0.4) is 0 Å². The van der Waals surface area contributed by atoms with Gasteiger partial charge in [0, 0.05) is 5.56 Å². The lowest BCUT2D eigenvalue weighted by atomic mass is 10.2. The third-order valence-corrected chi connectivity index (χ3v) is 2.68. The molecule has 0 bridgehead atoms. The molecule has 1 rings (SSSR count). The molecule has 0 aliphatic heterocycles. The first-order valence-corrected chi connectivity index (χ1v) is 5.05. The molecular formula is C9H10N2O3S. The highest BCUT2D eigenvalue weighted by molar-refractivity contribution is 7.18. The van der Waals surface area contributed by atoms with E-state index < -0.39 is 6.16 Å². The summed E-state index contributed by atoms with van der Waals surface area (Å²) in [5.74, 6) is 0. The van der Waals surface area contributed by atoms with Crippen molar-refractivity contribution in [3.8, 4) is 11.1 Å². The smallest absolute Gasteiger partial charge is 0.434 e. The van der Waals surface area contributed by atoms with Gasteiger partial charge in [0.25, 0.3) is 0 Å². The van der Waals surface area contributed by atoms with Crippen LogP contribution in [-0.4, -0.2) is 12.8 Å². The number of rotatable bonds is 2. The Morgan fingerprint density at radius 1 is 1.67 bits per heavy atom. The van der Waals surface area contributed by atoms with E-state index in [9.17, 15) is 4.79 Å². The predicted molar refractivity (Wildman–Crippen MR) is 55.8 cm³/mol. The molecule has 80 valence electrons. The molecule has 0 radical (unpaired) electrons. The van der Waals surface area contributed by atoms with Crippen LogP contribution in [0.4, 0.5) is 9.80 Å². The molecule has 2 N–H and O–H groups in total. The third-order valence-electron chi connectivity index (χ3n) is 1.68. The number of nitrogens with two attached hydrogens (primary N) is 1. The van der Waals surface area contributed by atoms with Gasteiger partial charge >= 0.3 is 6.16 Å². The fourth-order valence-electron chi connectivity index (χ4n) is 0.974. The Morgan fingerprint density at radius 3 is 2.80 bits per heavy atom. The second-order valence-electron chi connectivity index (χ2n) is 2.65. The molecule has 0 aromatic carbocycles. The molecule has 0 amide bonds. The van der Waals surface area contributed by atoms with Crippen LogP contribution in [0.15, 0.2) is 0 Å². The van der Waals surface area contributed by atoms with E-state index in [1.807, 2.05) is 6.07 Å². The highest BCUT2D eigenvalue weighted by Crippen LogP contribution is 2.36. The van der Waals surface area contributed by atoms with Crippen LogP contribution in [-0.2, 0) is 4.74 Å². The van der Waals surface area contributed by atoms with Crippen molar-refractivity contribution in [2.75, 3.05) is 12.3 Å². The van der Waals surface area contributed by atoms with Gasteiger partial charge in [0.15, 0.2) is 5.06 Å². The van der Waals surface area contributed by atoms with E-state index in [0.29, 0.717) is 21.2 Å². The van der Waals surface area contributed by atoms with Crippen LogP contribution in [0.25, 0.3) is 0 Å². The molecule has 0 spiro atoms. The van der Waals surface area contributed by atoms with Crippen LogP contribution in [0, 0.1) is 18.3 Å². The molecule has 0 unspecified atom stereocenters. The van der Waals surface area contributed by atoms with E-state index in [0.717, 1.165) is 11.3 Å². The summed E-state index contributed by atoms with van der Waals surface area (Å²) in [6, 6.07) is 1.94. The number of hydrogen-bond acceptors (Lipinski definition) is 6. The maximum Gasteiger partial charge on any atom is 0.514 e. The van der Waals surface area contributed by atoms with Gasteiger partial charge < -0.3 is 15.2 Å². The number of thiophene rings is 1. The summed E-state index contributed by atoms with van der Waals surface area (Å²) in [4.78, 5) is 11.0. The van der Waals surface area contributed by atoms with Crippen molar-refractivity contribution < 1.29 is 14.3 Å². The van der Waals surface area contributed by atoms with Crippen molar-refractivity contribution in [2.24, 2.45) is 0 Å². The zero-order valence-corrected chi connectivity index (χ0v) is 9.18. The number of nitriles is 1. The van der Waals surface area contributed by atoms with Crippen molar-refractivity contribution in [2.45, 2.75) is 13.8 Å². The first-order chi connectivity index (χ1) is 7.10.